The second-order valence-corrected chi connectivity index (χ2v) is 6.16. The summed E-state index contributed by atoms with van der Waals surface area (Å²) in [6, 6.07) is 10.6. The highest BCUT2D eigenvalue weighted by Crippen LogP contribution is 2.23. The van der Waals surface area contributed by atoms with Crippen LogP contribution in [0.25, 0.3) is 0 Å². The maximum Gasteiger partial charge on any atom is 0.274 e. The number of para-hydroxylation sites is 2. The summed E-state index contributed by atoms with van der Waals surface area (Å²) in [7, 11) is 0. The lowest BCUT2D eigenvalue weighted by molar-refractivity contribution is 0.102. The smallest absolute Gasteiger partial charge is 0.274 e. The van der Waals surface area contributed by atoms with Gasteiger partial charge in [-0.05, 0) is 50.1 Å². The van der Waals surface area contributed by atoms with E-state index < -0.39 is 23.2 Å². The first-order chi connectivity index (χ1) is 12.8. The van der Waals surface area contributed by atoms with E-state index in [0.717, 1.165) is 28.9 Å². The highest BCUT2D eigenvalue weighted by molar-refractivity contribution is 6.03. The summed E-state index contributed by atoms with van der Waals surface area (Å²) in [5, 5.41) is 5.34. The minimum Gasteiger partial charge on any atom is -0.324 e. The molecule has 27 heavy (non-hydrogen) atoms. The summed E-state index contributed by atoms with van der Waals surface area (Å²) in [4.78, 5) is 20.9. The van der Waals surface area contributed by atoms with Gasteiger partial charge in [-0.1, -0.05) is 24.3 Å². The Hall–Kier alpha value is -3.35. The van der Waals surface area contributed by atoms with Gasteiger partial charge in [0.1, 0.15) is 23.0 Å². The molecule has 0 aliphatic heterocycles. The number of aryl methyl sites for hydroxylation is 3. The molecule has 0 fully saturated rings. The van der Waals surface area contributed by atoms with Crippen molar-refractivity contribution in [1.29, 1.82) is 0 Å². The van der Waals surface area contributed by atoms with E-state index in [1.165, 1.54) is 12.1 Å². The summed E-state index contributed by atoms with van der Waals surface area (Å²) >= 11 is 0. The van der Waals surface area contributed by atoms with Crippen molar-refractivity contribution in [3.63, 3.8) is 0 Å². The van der Waals surface area contributed by atoms with Crippen LogP contribution in [0, 0.1) is 32.4 Å². The quantitative estimate of drug-likeness (QED) is 0.702. The van der Waals surface area contributed by atoms with Crippen LogP contribution in [0.3, 0.4) is 0 Å². The Morgan fingerprint density at radius 3 is 2.11 bits per heavy atom. The Morgan fingerprint density at radius 1 is 0.889 bits per heavy atom. The van der Waals surface area contributed by atoms with E-state index in [4.69, 9.17) is 0 Å². The van der Waals surface area contributed by atoms with Gasteiger partial charge in [-0.25, -0.2) is 18.7 Å². The molecule has 3 aromatic rings. The second-order valence-electron chi connectivity index (χ2n) is 6.16. The number of carbonyl (C=O) groups is 1. The third-order valence-corrected chi connectivity index (χ3v) is 4.01. The first kappa shape index (κ1) is 18.4. The molecular formula is C20H18F2N4O. The second kappa shape index (κ2) is 7.49. The molecule has 0 saturated carbocycles. The maximum atomic E-state index is 13.8. The Bertz CT molecular complexity index is 980. The Morgan fingerprint density at radius 2 is 1.48 bits per heavy atom. The van der Waals surface area contributed by atoms with Crippen LogP contribution < -0.4 is 10.6 Å². The normalized spacial score (nSPS) is 10.6. The average molecular weight is 368 g/mol. The van der Waals surface area contributed by atoms with Crippen LogP contribution in [-0.2, 0) is 0 Å². The number of halogens is 2. The average Bonchev–Trinajstić information content (AvgIpc) is 2.61. The van der Waals surface area contributed by atoms with Gasteiger partial charge in [-0.3, -0.25) is 4.79 Å². The van der Waals surface area contributed by atoms with E-state index in [1.807, 2.05) is 32.0 Å². The predicted molar refractivity (Wildman–Crippen MR) is 100 cm³/mol. The molecule has 1 amide bonds. The summed E-state index contributed by atoms with van der Waals surface area (Å²) in [6.07, 6.45) is 0. The first-order valence-electron chi connectivity index (χ1n) is 8.29. The minimum absolute atomic E-state index is 0.00103. The van der Waals surface area contributed by atoms with Gasteiger partial charge in [0.25, 0.3) is 5.91 Å². The summed E-state index contributed by atoms with van der Waals surface area (Å²) in [5.41, 5.74) is 2.87. The van der Waals surface area contributed by atoms with Crippen molar-refractivity contribution in [3.8, 4) is 0 Å². The van der Waals surface area contributed by atoms with Crippen molar-refractivity contribution in [2.75, 3.05) is 10.6 Å². The predicted octanol–water partition coefficient (Wildman–Crippen LogP) is 4.68. The van der Waals surface area contributed by atoms with Crippen LogP contribution in [0.4, 0.5) is 26.1 Å². The lowest BCUT2D eigenvalue weighted by Crippen LogP contribution is -2.17. The van der Waals surface area contributed by atoms with Gasteiger partial charge in [-0.2, -0.15) is 0 Å². The third-order valence-electron chi connectivity index (χ3n) is 4.01. The topological polar surface area (TPSA) is 66.9 Å². The molecule has 1 aromatic heterocycles. The molecule has 0 aliphatic carbocycles. The van der Waals surface area contributed by atoms with Crippen LogP contribution in [0.1, 0.15) is 27.3 Å². The first-order valence-corrected chi connectivity index (χ1v) is 8.29. The molecule has 1 heterocycles. The molecule has 0 saturated heterocycles. The van der Waals surface area contributed by atoms with Crippen LogP contribution in [0.5, 0.6) is 0 Å². The zero-order valence-corrected chi connectivity index (χ0v) is 15.1. The van der Waals surface area contributed by atoms with Crippen molar-refractivity contribution < 1.29 is 13.6 Å². The fraction of sp³-hybridized carbons (Fsp3) is 0.150. The molecule has 2 aromatic carbocycles. The molecule has 0 aliphatic rings. The molecule has 0 radical (unpaired) electrons. The zero-order chi connectivity index (χ0) is 19.6. The third kappa shape index (κ3) is 4.08. The van der Waals surface area contributed by atoms with Crippen LogP contribution in [-0.4, -0.2) is 15.9 Å². The fourth-order valence-electron chi connectivity index (χ4n) is 2.66. The van der Waals surface area contributed by atoms with Gasteiger partial charge < -0.3 is 10.6 Å². The molecule has 3 rings (SSSR count). The molecule has 138 valence electrons. The maximum absolute atomic E-state index is 13.8. The number of aromatic nitrogens is 2. The van der Waals surface area contributed by atoms with Crippen LogP contribution in [0.15, 0.2) is 42.5 Å². The number of hydrogen-bond donors (Lipinski definition) is 2. The van der Waals surface area contributed by atoms with Crippen molar-refractivity contribution in [1.82, 2.24) is 9.97 Å². The van der Waals surface area contributed by atoms with Crippen LogP contribution >= 0.6 is 0 Å². The van der Waals surface area contributed by atoms with Gasteiger partial charge in [-0.15, -0.1) is 0 Å². The highest BCUT2D eigenvalue weighted by Gasteiger charge is 2.16. The number of nitrogens with one attached hydrogen (secondary N) is 2. The van der Waals surface area contributed by atoms with Gasteiger partial charge in [0, 0.05) is 11.4 Å². The number of benzene rings is 2. The van der Waals surface area contributed by atoms with Crippen molar-refractivity contribution in [2.45, 2.75) is 20.8 Å². The Kier molecular flexibility index (Phi) is 5.12. The molecule has 2 N–H and O–H groups in total. The number of rotatable bonds is 4. The largest absolute Gasteiger partial charge is 0.324 e. The molecular weight excluding hydrogens is 350 g/mol. The van der Waals surface area contributed by atoms with Crippen molar-refractivity contribution in [3.05, 3.63) is 76.6 Å². The Labute approximate surface area is 155 Å². The SMILES string of the molecule is Cc1cc(C(=O)Nc2c(F)cccc2F)nc(Nc2c(C)cccc2C)n1. The van der Waals surface area contributed by atoms with Gasteiger partial charge in [0.05, 0.1) is 0 Å². The minimum atomic E-state index is -0.858. The monoisotopic (exact) mass is 368 g/mol. The van der Waals surface area contributed by atoms with Crippen LogP contribution in [0.2, 0.25) is 0 Å². The standard InChI is InChI=1S/C20H18F2N4O/c1-11-6-4-7-12(2)17(11)26-20-23-13(3)10-16(24-20)19(27)25-18-14(21)8-5-9-15(18)22/h4-10H,1-3H3,(H,25,27)(H,23,24,26). The Balaban J connectivity index is 1.90. The lowest BCUT2D eigenvalue weighted by Gasteiger charge is -2.13. The van der Waals surface area contributed by atoms with E-state index in [2.05, 4.69) is 20.6 Å². The summed E-state index contributed by atoms with van der Waals surface area (Å²) in [6.45, 7) is 5.59. The molecule has 0 unspecified atom stereocenters. The molecule has 0 spiro atoms. The summed E-state index contributed by atoms with van der Waals surface area (Å²) < 4.78 is 27.5. The lowest BCUT2D eigenvalue weighted by atomic mass is 10.1. The van der Waals surface area contributed by atoms with Crippen molar-refractivity contribution >= 4 is 23.2 Å². The van der Waals surface area contributed by atoms with Gasteiger partial charge in [0.2, 0.25) is 5.95 Å². The summed E-state index contributed by atoms with van der Waals surface area (Å²) in [5.74, 6) is -2.22. The molecule has 0 atom stereocenters. The van der Waals surface area contributed by atoms with Gasteiger partial charge in [0.15, 0.2) is 0 Å². The van der Waals surface area contributed by atoms with E-state index in [-0.39, 0.29) is 11.6 Å². The number of anilines is 3. The van der Waals surface area contributed by atoms with E-state index in [0.29, 0.717) is 5.69 Å². The molecule has 0 bridgehead atoms. The molecule has 5 nitrogen and oxygen atoms in total. The number of amides is 1. The molecule has 7 heteroatoms. The van der Waals surface area contributed by atoms with Gasteiger partial charge >= 0.3 is 0 Å². The van der Waals surface area contributed by atoms with E-state index >= 15 is 0 Å². The number of carbonyl (C=O) groups excluding carboxylic acids is 1. The number of nitrogens with zero attached hydrogens (tertiary/aromatic N) is 2. The fourth-order valence-corrected chi connectivity index (χ4v) is 2.66. The van der Waals surface area contributed by atoms with E-state index in [9.17, 15) is 13.6 Å². The van der Waals surface area contributed by atoms with E-state index in [1.54, 1.807) is 6.92 Å². The van der Waals surface area contributed by atoms with Crippen molar-refractivity contribution in [2.24, 2.45) is 0 Å². The number of hydrogen-bond acceptors (Lipinski definition) is 4. The highest BCUT2D eigenvalue weighted by atomic mass is 19.1. The zero-order valence-electron chi connectivity index (χ0n) is 15.1.